The summed E-state index contributed by atoms with van der Waals surface area (Å²) in [6, 6.07) is 0.580. The van der Waals surface area contributed by atoms with Crippen LogP contribution in [0.5, 0.6) is 0 Å². The molecule has 1 heterocycles. The van der Waals surface area contributed by atoms with Crippen molar-refractivity contribution in [3.8, 4) is 0 Å². The van der Waals surface area contributed by atoms with Gasteiger partial charge in [0.15, 0.2) is 0 Å². The Morgan fingerprint density at radius 1 is 1.24 bits per heavy atom. The normalized spacial score (nSPS) is 18.0. The Morgan fingerprint density at radius 3 is 2.52 bits per heavy atom. The van der Waals surface area contributed by atoms with Crippen molar-refractivity contribution in [2.45, 2.75) is 57.9 Å². The average molecular weight is 342 g/mol. The topological polar surface area (TPSA) is 49.6 Å². The van der Waals surface area contributed by atoms with E-state index in [0.29, 0.717) is 18.4 Å². The molecule has 0 aromatic heterocycles. The van der Waals surface area contributed by atoms with Crippen molar-refractivity contribution in [2.24, 2.45) is 5.73 Å². The van der Waals surface area contributed by atoms with Crippen molar-refractivity contribution in [3.63, 3.8) is 0 Å². The summed E-state index contributed by atoms with van der Waals surface area (Å²) in [5.41, 5.74) is 5.46. The van der Waals surface area contributed by atoms with Crippen LogP contribution in [0, 0.1) is 0 Å². The zero-order valence-electron chi connectivity index (χ0n) is 13.6. The highest BCUT2D eigenvalue weighted by Crippen LogP contribution is 2.17. The van der Waals surface area contributed by atoms with Crippen molar-refractivity contribution in [2.75, 3.05) is 33.2 Å². The van der Waals surface area contributed by atoms with Gasteiger partial charge in [-0.2, -0.15) is 0 Å². The van der Waals surface area contributed by atoms with E-state index in [-0.39, 0.29) is 24.8 Å². The maximum Gasteiger partial charge on any atom is 0.222 e. The number of hydrogen-bond donors (Lipinski definition) is 1. The van der Waals surface area contributed by atoms with Gasteiger partial charge < -0.3 is 10.6 Å². The van der Waals surface area contributed by atoms with Crippen molar-refractivity contribution >= 4 is 30.7 Å². The fourth-order valence-corrected chi connectivity index (χ4v) is 2.90. The first kappa shape index (κ1) is 23.2. The van der Waals surface area contributed by atoms with E-state index in [0.717, 1.165) is 45.3 Å². The number of likely N-dealkylation sites (tertiary alicyclic amines) is 1. The molecule has 0 aromatic rings. The highest BCUT2D eigenvalue weighted by atomic mass is 35.5. The fraction of sp³-hybridized carbons (Fsp3) is 0.933. The van der Waals surface area contributed by atoms with E-state index in [1.165, 1.54) is 19.4 Å². The number of nitrogens with zero attached hydrogens (tertiary/aromatic N) is 2. The summed E-state index contributed by atoms with van der Waals surface area (Å²) < 4.78 is 0. The molecule has 128 valence electrons. The predicted octanol–water partition coefficient (Wildman–Crippen LogP) is 2.68. The van der Waals surface area contributed by atoms with Gasteiger partial charge in [-0.15, -0.1) is 24.8 Å². The van der Waals surface area contributed by atoms with Gasteiger partial charge in [0.1, 0.15) is 0 Å². The third kappa shape index (κ3) is 8.87. The molecule has 6 heteroatoms. The Hall–Kier alpha value is -0.0300. The second-order valence-electron chi connectivity index (χ2n) is 5.65. The summed E-state index contributed by atoms with van der Waals surface area (Å²) in [4.78, 5) is 16.5. The Bertz CT molecular complexity index is 267. The van der Waals surface area contributed by atoms with E-state index in [1.807, 2.05) is 11.9 Å². The first-order chi connectivity index (χ1) is 9.19. The van der Waals surface area contributed by atoms with E-state index in [4.69, 9.17) is 5.73 Å². The van der Waals surface area contributed by atoms with E-state index in [2.05, 4.69) is 11.8 Å². The first-order valence-electron chi connectivity index (χ1n) is 7.87. The lowest BCUT2D eigenvalue weighted by Crippen LogP contribution is -2.41. The van der Waals surface area contributed by atoms with Crippen molar-refractivity contribution in [3.05, 3.63) is 0 Å². The molecule has 2 N–H and O–H groups in total. The largest absolute Gasteiger partial charge is 0.344 e. The van der Waals surface area contributed by atoms with Crippen LogP contribution in [0.3, 0.4) is 0 Å². The highest BCUT2D eigenvalue weighted by molar-refractivity contribution is 5.85. The van der Waals surface area contributed by atoms with Crippen LogP contribution >= 0.6 is 24.8 Å². The average Bonchev–Trinajstić information content (AvgIpc) is 2.85. The molecule has 0 aromatic carbocycles. The lowest BCUT2D eigenvalue weighted by atomic mass is 10.1. The maximum absolute atomic E-state index is 12.0. The van der Waals surface area contributed by atoms with Crippen LogP contribution < -0.4 is 5.73 Å². The zero-order valence-corrected chi connectivity index (χ0v) is 15.2. The van der Waals surface area contributed by atoms with Crippen molar-refractivity contribution in [1.29, 1.82) is 0 Å². The van der Waals surface area contributed by atoms with Crippen LogP contribution in [-0.2, 0) is 4.79 Å². The molecule has 1 aliphatic heterocycles. The lowest BCUT2D eigenvalue weighted by Gasteiger charge is -2.27. The quantitative estimate of drug-likeness (QED) is 0.656. The van der Waals surface area contributed by atoms with Crippen molar-refractivity contribution in [1.82, 2.24) is 9.80 Å². The Morgan fingerprint density at radius 2 is 1.90 bits per heavy atom. The van der Waals surface area contributed by atoms with Gasteiger partial charge in [-0.05, 0) is 45.3 Å². The molecule has 1 aliphatic rings. The summed E-state index contributed by atoms with van der Waals surface area (Å²) in [5, 5.41) is 0. The minimum atomic E-state index is 0. The van der Waals surface area contributed by atoms with Crippen LogP contribution in [-0.4, -0.2) is 55.0 Å². The van der Waals surface area contributed by atoms with Gasteiger partial charge in [-0.25, -0.2) is 0 Å². The SMILES string of the molecule is CCN1CCCC1CN(C)C(=O)CCCCCCN.Cl.Cl. The number of unbranched alkanes of at least 4 members (excludes halogenated alkanes) is 3. The molecule has 4 nitrogen and oxygen atoms in total. The zero-order chi connectivity index (χ0) is 14.1. The van der Waals surface area contributed by atoms with E-state index >= 15 is 0 Å². The standard InChI is InChI=1S/C15H31N3O.2ClH/c1-3-18-12-8-9-14(18)13-17(2)15(19)10-6-4-5-7-11-16;;/h14H,3-13,16H2,1-2H3;2*1H. The summed E-state index contributed by atoms with van der Waals surface area (Å²) in [6.07, 6.45) is 7.57. The van der Waals surface area contributed by atoms with Crippen LogP contribution in [0.25, 0.3) is 0 Å². The number of rotatable bonds is 9. The first-order valence-corrected chi connectivity index (χ1v) is 7.87. The number of carbonyl (C=O) groups is 1. The molecule has 0 aliphatic carbocycles. The van der Waals surface area contributed by atoms with Crippen LogP contribution in [0.4, 0.5) is 0 Å². The second kappa shape index (κ2) is 13.6. The number of amides is 1. The molecular weight excluding hydrogens is 309 g/mol. The smallest absolute Gasteiger partial charge is 0.222 e. The maximum atomic E-state index is 12.0. The molecular formula is C15H33Cl2N3O. The minimum absolute atomic E-state index is 0. The molecule has 1 fully saturated rings. The fourth-order valence-electron chi connectivity index (χ4n) is 2.90. The number of halogens is 2. The molecule has 0 spiro atoms. The van der Waals surface area contributed by atoms with Gasteiger partial charge in [-0.1, -0.05) is 19.8 Å². The van der Waals surface area contributed by atoms with Gasteiger partial charge in [0.25, 0.3) is 0 Å². The second-order valence-corrected chi connectivity index (χ2v) is 5.65. The van der Waals surface area contributed by atoms with Gasteiger partial charge in [0, 0.05) is 26.1 Å². The molecule has 21 heavy (non-hydrogen) atoms. The highest BCUT2D eigenvalue weighted by Gasteiger charge is 2.25. The van der Waals surface area contributed by atoms with E-state index < -0.39 is 0 Å². The van der Waals surface area contributed by atoms with Gasteiger partial charge in [0.05, 0.1) is 0 Å². The van der Waals surface area contributed by atoms with E-state index in [9.17, 15) is 4.79 Å². The summed E-state index contributed by atoms with van der Waals surface area (Å²) >= 11 is 0. The van der Waals surface area contributed by atoms with Gasteiger partial charge in [0.2, 0.25) is 5.91 Å². The summed E-state index contributed by atoms with van der Waals surface area (Å²) in [6.45, 7) is 6.17. The Balaban J connectivity index is 0. The number of likely N-dealkylation sites (N-methyl/N-ethyl adjacent to an activating group) is 2. The lowest BCUT2D eigenvalue weighted by molar-refractivity contribution is -0.130. The molecule has 1 unspecified atom stereocenters. The van der Waals surface area contributed by atoms with Gasteiger partial charge in [-0.3, -0.25) is 9.69 Å². The molecule has 0 saturated carbocycles. The van der Waals surface area contributed by atoms with Crippen LogP contribution in [0.2, 0.25) is 0 Å². The number of carbonyl (C=O) groups excluding carboxylic acids is 1. The third-order valence-corrected chi connectivity index (χ3v) is 4.16. The Kier molecular flexibility index (Phi) is 15.1. The minimum Gasteiger partial charge on any atom is -0.344 e. The molecule has 1 amide bonds. The Labute approximate surface area is 142 Å². The number of hydrogen-bond acceptors (Lipinski definition) is 3. The summed E-state index contributed by atoms with van der Waals surface area (Å²) in [7, 11) is 1.95. The van der Waals surface area contributed by atoms with Crippen LogP contribution in [0.15, 0.2) is 0 Å². The predicted molar refractivity (Wildman–Crippen MR) is 94.5 cm³/mol. The van der Waals surface area contributed by atoms with Crippen LogP contribution in [0.1, 0.15) is 51.9 Å². The molecule has 1 saturated heterocycles. The molecule has 1 rings (SSSR count). The number of nitrogens with two attached hydrogens (primary N) is 1. The molecule has 0 radical (unpaired) electrons. The monoisotopic (exact) mass is 341 g/mol. The summed E-state index contributed by atoms with van der Waals surface area (Å²) in [5.74, 6) is 0.302. The molecule has 1 atom stereocenters. The van der Waals surface area contributed by atoms with Gasteiger partial charge >= 0.3 is 0 Å². The van der Waals surface area contributed by atoms with E-state index in [1.54, 1.807) is 0 Å². The van der Waals surface area contributed by atoms with Crippen molar-refractivity contribution < 1.29 is 4.79 Å². The third-order valence-electron chi connectivity index (χ3n) is 4.16. The molecule has 0 bridgehead atoms.